The van der Waals surface area contributed by atoms with Gasteiger partial charge in [0.05, 0.1) is 18.4 Å². The van der Waals surface area contributed by atoms with Crippen molar-refractivity contribution in [1.29, 1.82) is 0 Å². The quantitative estimate of drug-likeness (QED) is 0.486. The van der Waals surface area contributed by atoms with E-state index >= 15 is 0 Å². The number of carbonyl (C=O) groups is 2. The van der Waals surface area contributed by atoms with E-state index < -0.39 is 14.3 Å². The molecule has 0 saturated carbocycles. The summed E-state index contributed by atoms with van der Waals surface area (Å²) in [5.74, 6) is -0.123. The van der Waals surface area contributed by atoms with E-state index in [0.717, 1.165) is 19.5 Å². The van der Waals surface area contributed by atoms with Crippen LogP contribution in [-0.2, 0) is 4.43 Å². The van der Waals surface area contributed by atoms with Gasteiger partial charge in [0.15, 0.2) is 8.32 Å². The van der Waals surface area contributed by atoms with Crippen molar-refractivity contribution in [3.8, 4) is 17.2 Å². The van der Waals surface area contributed by atoms with Crippen LogP contribution >= 0.6 is 0 Å². The molecule has 1 aromatic heterocycles. The number of aromatic carboxylic acids is 1. The van der Waals surface area contributed by atoms with E-state index in [1.807, 2.05) is 6.92 Å². The molecule has 0 spiro atoms. The number of likely N-dealkylation sites (tertiary alicyclic amines) is 1. The fraction of sp³-hybridized carbons (Fsp3) is 0.480. The second-order valence-corrected chi connectivity index (χ2v) is 14.9. The first-order valence-corrected chi connectivity index (χ1v) is 14.4. The molecule has 8 nitrogen and oxygen atoms in total. The lowest BCUT2D eigenvalue weighted by atomic mass is 10.2. The molecule has 1 amide bonds. The summed E-state index contributed by atoms with van der Waals surface area (Å²) >= 11 is 0. The van der Waals surface area contributed by atoms with Crippen molar-refractivity contribution < 1.29 is 28.6 Å². The van der Waals surface area contributed by atoms with E-state index in [-0.39, 0.29) is 22.6 Å². The summed E-state index contributed by atoms with van der Waals surface area (Å²) in [6.45, 7) is 14.7. The maximum atomic E-state index is 12.3. The van der Waals surface area contributed by atoms with Gasteiger partial charge in [-0.1, -0.05) is 20.8 Å². The number of carboxylic acid groups (broad SMARTS) is 1. The molecule has 9 heteroatoms. The van der Waals surface area contributed by atoms with Crippen molar-refractivity contribution >= 4 is 20.2 Å². The van der Waals surface area contributed by atoms with Crippen molar-refractivity contribution in [1.82, 2.24) is 9.88 Å². The number of pyridine rings is 1. The lowest BCUT2D eigenvalue weighted by Crippen LogP contribution is -2.43. The zero-order valence-corrected chi connectivity index (χ0v) is 21.8. The highest BCUT2D eigenvalue weighted by Crippen LogP contribution is 2.36. The van der Waals surface area contributed by atoms with Crippen LogP contribution < -0.4 is 9.47 Å². The zero-order chi connectivity index (χ0) is 25.1. The van der Waals surface area contributed by atoms with Gasteiger partial charge in [0, 0.05) is 19.2 Å². The molecule has 1 saturated heterocycles. The number of hydrogen-bond donors (Lipinski definition) is 1. The third-order valence-electron chi connectivity index (χ3n) is 6.28. The lowest BCUT2D eigenvalue weighted by molar-refractivity contribution is 0.0644. The Hall–Kier alpha value is -2.91. The fourth-order valence-electron chi connectivity index (χ4n) is 3.02. The first kappa shape index (κ1) is 25.7. The van der Waals surface area contributed by atoms with E-state index in [0.29, 0.717) is 29.5 Å². The van der Waals surface area contributed by atoms with Gasteiger partial charge >= 0.3 is 5.97 Å². The molecule has 1 aliphatic rings. The molecule has 2 heterocycles. The van der Waals surface area contributed by atoms with Gasteiger partial charge in [0.2, 0.25) is 0 Å². The highest BCUT2D eigenvalue weighted by molar-refractivity contribution is 6.74. The molecule has 0 radical (unpaired) electrons. The normalized spacial score (nSPS) is 14.8. The molecule has 1 aliphatic heterocycles. The Bertz CT molecular complexity index is 1030. The maximum Gasteiger partial charge on any atom is 0.335 e. The van der Waals surface area contributed by atoms with Gasteiger partial charge in [0.25, 0.3) is 5.91 Å². The van der Waals surface area contributed by atoms with Gasteiger partial charge in [-0.2, -0.15) is 0 Å². The predicted octanol–water partition coefficient (Wildman–Crippen LogP) is 5.21. The predicted molar refractivity (Wildman–Crippen MR) is 131 cm³/mol. The lowest BCUT2D eigenvalue weighted by Gasteiger charge is -2.36. The largest absolute Gasteiger partial charge is 0.488 e. The van der Waals surface area contributed by atoms with Crippen LogP contribution in [0.5, 0.6) is 17.2 Å². The van der Waals surface area contributed by atoms with Gasteiger partial charge in [-0.15, -0.1) is 0 Å². The molecule has 184 valence electrons. The number of nitrogens with zero attached hydrogens (tertiary/aromatic N) is 2. The number of rotatable bonds is 9. The highest BCUT2D eigenvalue weighted by atomic mass is 28.4. The molecular formula is C25H34N2O6Si. The minimum Gasteiger partial charge on any atom is -0.488 e. The second kappa shape index (κ2) is 10.1. The molecule has 0 aliphatic carbocycles. The monoisotopic (exact) mass is 486 g/mol. The van der Waals surface area contributed by atoms with Crippen LogP contribution in [0.4, 0.5) is 0 Å². The maximum absolute atomic E-state index is 12.3. The number of hydrogen-bond acceptors (Lipinski definition) is 6. The van der Waals surface area contributed by atoms with Gasteiger partial charge in [0.1, 0.15) is 29.0 Å². The Kier molecular flexibility index (Phi) is 7.67. The highest BCUT2D eigenvalue weighted by Gasteiger charge is 2.37. The summed E-state index contributed by atoms with van der Waals surface area (Å²) in [5.41, 5.74) is 0.397. The summed E-state index contributed by atoms with van der Waals surface area (Å²) in [6.07, 6.45) is 2.19. The summed E-state index contributed by atoms with van der Waals surface area (Å²) in [7, 11) is -1.93. The smallest absolute Gasteiger partial charge is 0.335 e. The van der Waals surface area contributed by atoms with Crippen molar-refractivity contribution in [3.63, 3.8) is 0 Å². The SMILES string of the molecule is C[C@@H](CO[Si](C)(C)C(C)(C)C)Oc1cc(Oc2ccc(C(=O)N3CCC3)nc2)cc(C(=O)O)c1. The first-order valence-electron chi connectivity index (χ1n) is 11.5. The molecule has 0 bridgehead atoms. The molecule has 1 atom stereocenters. The van der Waals surface area contributed by atoms with E-state index in [1.165, 1.54) is 18.3 Å². The van der Waals surface area contributed by atoms with Crippen LogP contribution in [0.2, 0.25) is 18.1 Å². The topological polar surface area (TPSA) is 98.2 Å². The molecule has 1 aromatic carbocycles. The molecule has 0 unspecified atom stereocenters. The van der Waals surface area contributed by atoms with Gasteiger partial charge in [-0.3, -0.25) is 4.79 Å². The number of aromatic nitrogens is 1. The Morgan fingerprint density at radius 1 is 1.12 bits per heavy atom. The number of carbonyl (C=O) groups excluding carboxylic acids is 1. The third kappa shape index (κ3) is 6.36. The molecule has 2 aromatic rings. The molecule has 34 heavy (non-hydrogen) atoms. The van der Waals surface area contributed by atoms with E-state index in [4.69, 9.17) is 13.9 Å². The number of amides is 1. The van der Waals surface area contributed by atoms with Crippen LogP contribution in [0.25, 0.3) is 0 Å². The van der Waals surface area contributed by atoms with Crippen LogP contribution in [-0.4, -0.2) is 61.0 Å². The average Bonchev–Trinajstić information content (AvgIpc) is 2.70. The standard InChI is InChI=1S/C25H34N2O6Si/c1-17(16-31-34(5,6)25(2,3)4)32-20-12-18(24(29)30)13-21(14-20)33-19-8-9-22(26-15-19)23(28)27-10-7-11-27/h8-9,12-15,17H,7,10-11,16H2,1-6H3,(H,29,30)/t17-/m0/s1. The van der Waals surface area contributed by atoms with Crippen molar-refractivity contribution in [3.05, 3.63) is 47.8 Å². The second-order valence-electron chi connectivity index (χ2n) is 10.1. The van der Waals surface area contributed by atoms with Crippen molar-refractivity contribution in [2.45, 2.75) is 58.4 Å². The van der Waals surface area contributed by atoms with E-state index in [9.17, 15) is 14.7 Å². The van der Waals surface area contributed by atoms with Crippen LogP contribution in [0.15, 0.2) is 36.5 Å². The third-order valence-corrected chi connectivity index (χ3v) is 10.8. The van der Waals surface area contributed by atoms with Crippen LogP contribution in [0, 0.1) is 0 Å². The van der Waals surface area contributed by atoms with Gasteiger partial charge < -0.3 is 23.9 Å². The Morgan fingerprint density at radius 3 is 2.32 bits per heavy atom. The van der Waals surface area contributed by atoms with E-state index in [2.05, 4.69) is 38.8 Å². The Morgan fingerprint density at radius 2 is 1.79 bits per heavy atom. The van der Waals surface area contributed by atoms with Gasteiger partial charge in [-0.25, -0.2) is 9.78 Å². The fourth-order valence-corrected chi connectivity index (χ4v) is 4.10. The Balaban J connectivity index is 1.69. The minimum atomic E-state index is -1.93. The summed E-state index contributed by atoms with van der Waals surface area (Å²) < 4.78 is 18.0. The van der Waals surface area contributed by atoms with Gasteiger partial charge in [-0.05, 0) is 55.7 Å². The summed E-state index contributed by atoms with van der Waals surface area (Å²) in [5, 5.41) is 9.61. The first-order chi connectivity index (χ1) is 15.9. The number of benzene rings is 1. The molecule has 1 N–H and O–H groups in total. The summed E-state index contributed by atoms with van der Waals surface area (Å²) in [4.78, 5) is 29.8. The molecular weight excluding hydrogens is 452 g/mol. The minimum absolute atomic E-state index is 0.0440. The Labute approximate surface area is 202 Å². The van der Waals surface area contributed by atoms with E-state index in [1.54, 1.807) is 23.1 Å². The summed E-state index contributed by atoms with van der Waals surface area (Å²) in [6, 6.07) is 7.77. The van der Waals surface area contributed by atoms with Crippen LogP contribution in [0.3, 0.4) is 0 Å². The number of carboxylic acids is 1. The van der Waals surface area contributed by atoms with Crippen LogP contribution in [0.1, 0.15) is 55.0 Å². The number of ether oxygens (including phenoxy) is 2. The van der Waals surface area contributed by atoms with Crippen molar-refractivity contribution in [2.24, 2.45) is 0 Å². The zero-order valence-electron chi connectivity index (χ0n) is 20.8. The average molecular weight is 487 g/mol. The molecule has 3 rings (SSSR count). The molecule has 1 fully saturated rings. The van der Waals surface area contributed by atoms with Crippen molar-refractivity contribution in [2.75, 3.05) is 19.7 Å².